The normalized spacial score (nSPS) is 12.6. The van der Waals surface area contributed by atoms with Gasteiger partial charge < -0.3 is 15.0 Å². The maximum atomic E-state index is 13.2. The van der Waals surface area contributed by atoms with Gasteiger partial charge in [0, 0.05) is 19.0 Å². The van der Waals surface area contributed by atoms with Gasteiger partial charge in [-0.25, -0.2) is 0 Å². The first-order valence-corrected chi connectivity index (χ1v) is 11.8. The molecule has 32 heavy (non-hydrogen) atoms. The first-order valence-electron chi connectivity index (χ1n) is 11.8. The highest BCUT2D eigenvalue weighted by molar-refractivity contribution is 5.87. The van der Waals surface area contributed by atoms with Crippen molar-refractivity contribution in [1.29, 1.82) is 0 Å². The van der Waals surface area contributed by atoms with Crippen LogP contribution in [0.3, 0.4) is 0 Å². The second kappa shape index (κ2) is 13.6. The lowest BCUT2D eigenvalue weighted by molar-refractivity contribution is -0.141. The third-order valence-electron chi connectivity index (χ3n) is 5.70. The minimum atomic E-state index is -0.460. The Hall–Kier alpha value is -2.82. The van der Waals surface area contributed by atoms with Gasteiger partial charge in [0.25, 0.3) is 0 Å². The van der Waals surface area contributed by atoms with Crippen molar-refractivity contribution in [2.75, 3.05) is 13.2 Å². The summed E-state index contributed by atoms with van der Waals surface area (Å²) in [6.07, 6.45) is 3.13. The van der Waals surface area contributed by atoms with E-state index in [0.717, 1.165) is 24.2 Å². The SMILES string of the molecule is CCC(C)NC(=O)C(CC)N(CCc1ccccc1)C(=O)CCCOc1ccc(C)cc1. The minimum absolute atomic E-state index is 0.000381. The molecule has 2 aromatic carbocycles. The Morgan fingerprint density at radius 2 is 1.69 bits per heavy atom. The molecule has 2 aromatic rings. The molecule has 2 unspecified atom stereocenters. The fourth-order valence-corrected chi connectivity index (χ4v) is 3.53. The number of ether oxygens (including phenoxy) is 1. The van der Waals surface area contributed by atoms with Gasteiger partial charge in [-0.15, -0.1) is 0 Å². The van der Waals surface area contributed by atoms with E-state index >= 15 is 0 Å². The maximum absolute atomic E-state index is 13.2. The van der Waals surface area contributed by atoms with Crippen LogP contribution in [0.1, 0.15) is 57.6 Å². The molecule has 0 heterocycles. The molecule has 1 N–H and O–H groups in total. The summed E-state index contributed by atoms with van der Waals surface area (Å²) in [5.41, 5.74) is 2.34. The number of hydrogen-bond donors (Lipinski definition) is 1. The van der Waals surface area contributed by atoms with Crippen LogP contribution in [0, 0.1) is 6.92 Å². The van der Waals surface area contributed by atoms with E-state index in [0.29, 0.717) is 32.4 Å². The molecule has 0 aliphatic carbocycles. The van der Waals surface area contributed by atoms with Crippen LogP contribution in [0.25, 0.3) is 0 Å². The minimum Gasteiger partial charge on any atom is -0.494 e. The van der Waals surface area contributed by atoms with Crippen molar-refractivity contribution in [3.8, 4) is 5.75 Å². The largest absolute Gasteiger partial charge is 0.494 e. The van der Waals surface area contributed by atoms with Gasteiger partial charge >= 0.3 is 0 Å². The van der Waals surface area contributed by atoms with Crippen LogP contribution in [0.15, 0.2) is 54.6 Å². The molecule has 0 aliphatic rings. The van der Waals surface area contributed by atoms with E-state index in [4.69, 9.17) is 4.74 Å². The molecular formula is C27H38N2O3. The molecule has 2 rings (SSSR count). The van der Waals surface area contributed by atoms with E-state index in [-0.39, 0.29) is 17.9 Å². The van der Waals surface area contributed by atoms with Crippen molar-refractivity contribution < 1.29 is 14.3 Å². The van der Waals surface area contributed by atoms with Gasteiger partial charge in [-0.3, -0.25) is 9.59 Å². The second-order valence-corrected chi connectivity index (χ2v) is 8.33. The first kappa shape index (κ1) is 25.4. The van der Waals surface area contributed by atoms with E-state index in [1.807, 2.05) is 70.2 Å². The maximum Gasteiger partial charge on any atom is 0.243 e. The molecule has 174 valence electrons. The van der Waals surface area contributed by atoms with Gasteiger partial charge in [-0.1, -0.05) is 61.9 Å². The molecule has 0 bridgehead atoms. The van der Waals surface area contributed by atoms with Gasteiger partial charge in [-0.05, 0) is 57.2 Å². The Bertz CT molecular complexity index is 821. The van der Waals surface area contributed by atoms with Gasteiger partial charge in [-0.2, -0.15) is 0 Å². The molecule has 5 heteroatoms. The molecule has 0 saturated heterocycles. The Labute approximate surface area is 193 Å². The van der Waals surface area contributed by atoms with Crippen molar-refractivity contribution in [3.05, 3.63) is 65.7 Å². The monoisotopic (exact) mass is 438 g/mol. The van der Waals surface area contributed by atoms with Crippen LogP contribution in [-0.4, -0.2) is 41.9 Å². The summed E-state index contributed by atoms with van der Waals surface area (Å²) in [6.45, 7) is 9.02. The summed E-state index contributed by atoms with van der Waals surface area (Å²) in [4.78, 5) is 27.8. The van der Waals surface area contributed by atoms with Crippen molar-refractivity contribution in [1.82, 2.24) is 10.2 Å². The molecule has 5 nitrogen and oxygen atoms in total. The van der Waals surface area contributed by atoms with Crippen molar-refractivity contribution in [2.24, 2.45) is 0 Å². The average molecular weight is 439 g/mol. The number of hydrogen-bond acceptors (Lipinski definition) is 3. The number of rotatable bonds is 13. The average Bonchev–Trinajstić information content (AvgIpc) is 2.80. The van der Waals surface area contributed by atoms with Crippen molar-refractivity contribution in [2.45, 2.75) is 71.9 Å². The Morgan fingerprint density at radius 1 is 1.00 bits per heavy atom. The Kier molecular flexibility index (Phi) is 10.8. The predicted molar refractivity (Wildman–Crippen MR) is 130 cm³/mol. The number of benzene rings is 2. The lowest BCUT2D eigenvalue weighted by Crippen LogP contribution is -2.51. The molecule has 0 saturated carbocycles. The number of aryl methyl sites for hydroxylation is 1. The third-order valence-corrected chi connectivity index (χ3v) is 5.70. The van der Waals surface area contributed by atoms with Crippen LogP contribution in [0.2, 0.25) is 0 Å². The molecule has 0 spiro atoms. The van der Waals surface area contributed by atoms with Crippen LogP contribution in [0.5, 0.6) is 5.75 Å². The number of nitrogens with zero attached hydrogens (tertiary/aromatic N) is 1. The Morgan fingerprint density at radius 3 is 2.31 bits per heavy atom. The van der Waals surface area contributed by atoms with Gasteiger partial charge in [0.2, 0.25) is 11.8 Å². The lowest BCUT2D eigenvalue weighted by atomic mass is 10.1. The second-order valence-electron chi connectivity index (χ2n) is 8.33. The number of carbonyl (C=O) groups excluding carboxylic acids is 2. The fourth-order valence-electron chi connectivity index (χ4n) is 3.53. The quantitative estimate of drug-likeness (QED) is 0.452. The van der Waals surface area contributed by atoms with Gasteiger partial charge in [0.05, 0.1) is 6.61 Å². The lowest BCUT2D eigenvalue weighted by Gasteiger charge is -2.31. The zero-order valence-corrected chi connectivity index (χ0v) is 20.0. The molecular weight excluding hydrogens is 400 g/mol. The summed E-state index contributed by atoms with van der Waals surface area (Å²) in [5, 5.41) is 3.05. The van der Waals surface area contributed by atoms with Crippen LogP contribution in [-0.2, 0) is 16.0 Å². The highest BCUT2D eigenvalue weighted by atomic mass is 16.5. The predicted octanol–water partition coefficient (Wildman–Crippen LogP) is 4.92. The highest BCUT2D eigenvalue weighted by Crippen LogP contribution is 2.14. The highest BCUT2D eigenvalue weighted by Gasteiger charge is 2.28. The van der Waals surface area contributed by atoms with Gasteiger partial charge in [0.15, 0.2) is 0 Å². The zero-order valence-electron chi connectivity index (χ0n) is 20.0. The molecule has 0 fully saturated rings. The van der Waals surface area contributed by atoms with E-state index in [1.54, 1.807) is 4.90 Å². The molecule has 0 radical (unpaired) electrons. The third kappa shape index (κ3) is 8.37. The standard InChI is InChI=1S/C27H38N2O3/c1-5-22(4)28-27(31)25(6-2)29(19-18-23-11-8-7-9-12-23)26(30)13-10-20-32-24-16-14-21(3)15-17-24/h7-9,11-12,14-17,22,25H,5-6,10,13,18-20H2,1-4H3,(H,28,31). The molecule has 0 aliphatic heterocycles. The van der Waals surface area contributed by atoms with Crippen molar-refractivity contribution in [3.63, 3.8) is 0 Å². The first-order chi connectivity index (χ1) is 15.4. The van der Waals surface area contributed by atoms with Crippen LogP contribution in [0.4, 0.5) is 0 Å². The molecule has 2 amide bonds. The number of nitrogens with one attached hydrogen (secondary N) is 1. The molecule has 0 aromatic heterocycles. The molecule has 2 atom stereocenters. The summed E-state index contributed by atoms with van der Waals surface area (Å²) in [5.74, 6) is 0.738. The smallest absolute Gasteiger partial charge is 0.243 e. The number of amides is 2. The van der Waals surface area contributed by atoms with Crippen LogP contribution >= 0.6 is 0 Å². The Balaban J connectivity index is 1.99. The summed E-state index contributed by atoms with van der Waals surface area (Å²) < 4.78 is 5.77. The topological polar surface area (TPSA) is 58.6 Å². The summed E-state index contributed by atoms with van der Waals surface area (Å²) in [7, 11) is 0. The van der Waals surface area contributed by atoms with E-state index in [2.05, 4.69) is 17.4 Å². The van der Waals surface area contributed by atoms with E-state index in [9.17, 15) is 9.59 Å². The van der Waals surface area contributed by atoms with Crippen LogP contribution < -0.4 is 10.1 Å². The number of carbonyl (C=O) groups is 2. The van der Waals surface area contributed by atoms with E-state index < -0.39 is 6.04 Å². The fraction of sp³-hybridized carbons (Fsp3) is 0.481. The summed E-state index contributed by atoms with van der Waals surface area (Å²) in [6, 6.07) is 17.6. The van der Waals surface area contributed by atoms with E-state index in [1.165, 1.54) is 5.56 Å². The summed E-state index contributed by atoms with van der Waals surface area (Å²) >= 11 is 0. The zero-order chi connectivity index (χ0) is 23.3. The van der Waals surface area contributed by atoms with Crippen molar-refractivity contribution >= 4 is 11.8 Å². The van der Waals surface area contributed by atoms with Gasteiger partial charge in [0.1, 0.15) is 11.8 Å².